The third kappa shape index (κ3) is 3.63. The lowest BCUT2D eigenvalue weighted by molar-refractivity contribution is -0.116. The summed E-state index contributed by atoms with van der Waals surface area (Å²) < 4.78 is 1.70. The molecule has 2 aromatic carbocycles. The molecule has 0 aliphatic carbocycles. The lowest BCUT2D eigenvalue weighted by Crippen LogP contribution is -2.24. The van der Waals surface area contributed by atoms with Crippen molar-refractivity contribution in [3.05, 3.63) is 75.6 Å². The zero-order valence-corrected chi connectivity index (χ0v) is 14.8. The van der Waals surface area contributed by atoms with Crippen LogP contribution in [0.15, 0.2) is 53.3 Å². The van der Waals surface area contributed by atoms with E-state index in [1.54, 1.807) is 10.6 Å². The minimum Gasteiger partial charge on any atom is -0.326 e. The fraction of sp³-hybridized carbons (Fsp3) is 0.238. The zero-order chi connectivity index (χ0) is 18.0. The summed E-state index contributed by atoms with van der Waals surface area (Å²) in [4.78, 5) is 24.7. The van der Waals surface area contributed by atoms with Crippen molar-refractivity contribution < 1.29 is 4.79 Å². The lowest BCUT2D eigenvalue weighted by atomic mass is 10.1. The van der Waals surface area contributed by atoms with Gasteiger partial charge in [-0.05, 0) is 49.6 Å². The van der Waals surface area contributed by atoms with Gasteiger partial charge >= 0.3 is 0 Å². The topological polar surface area (TPSA) is 51.1 Å². The van der Waals surface area contributed by atoms with Gasteiger partial charge in [0.1, 0.15) is 0 Å². The molecule has 4 heteroatoms. The predicted molar refractivity (Wildman–Crippen MR) is 102 cm³/mol. The van der Waals surface area contributed by atoms with Crippen molar-refractivity contribution in [2.75, 3.05) is 5.32 Å². The number of carbonyl (C=O) groups is 1. The van der Waals surface area contributed by atoms with E-state index in [-0.39, 0.29) is 17.9 Å². The van der Waals surface area contributed by atoms with Gasteiger partial charge in [0.2, 0.25) is 5.91 Å². The van der Waals surface area contributed by atoms with Crippen LogP contribution in [0, 0.1) is 20.8 Å². The minimum atomic E-state index is -0.0974. The Morgan fingerprint density at radius 2 is 1.76 bits per heavy atom. The third-order valence-electron chi connectivity index (χ3n) is 4.40. The number of hydrogen-bond donors (Lipinski definition) is 1. The number of rotatable bonds is 4. The van der Waals surface area contributed by atoms with E-state index in [4.69, 9.17) is 0 Å². The first-order valence-electron chi connectivity index (χ1n) is 8.42. The molecule has 1 aromatic heterocycles. The second kappa shape index (κ2) is 6.93. The summed E-state index contributed by atoms with van der Waals surface area (Å²) in [5.41, 5.74) is 4.72. The number of aromatic nitrogens is 1. The molecule has 3 rings (SSSR count). The summed E-state index contributed by atoms with van der Waals surface area (Å²) in [5, 5.41) is 3.95. The van der Waals surface area contributed by atoms with E-state index in [9.17, 15) is 9.59 Å². The molecule has 0 bridgehead atoms. The van der Waals surface area contributed by atoms with Gasteiger partial charge in [0.25, 0.3) is 5.56 Å². The Balaban J connectivity index is 1.84. The Bertz CT molecular complexity index is 1000. The first kappa shape index (κ1) is 17.0. The average Bonchev–Trinajstić information content (AvgIpc) is 2.55. The molecule has 0 fully saturated rings. The molecule has 0 saturated carbocycles. The van der Waals surface area contributed by atoms with Crippen LogP contribution in [0.4, 0.5) is 5.69 Å². The van der Waals surface area contributed by atoms with Gasteiger partial charge in [-0.25, -0.2) is 0 Å². The number of benzene rings is 2. The molecular formula is C21H22N2O2. The Morgan fingerprint density at radius 1 is 1.00 bits per heavy atom. The van der Waals surface area contributed by atoms with E-state index in [0.717, 1.165) is 33.3 Å². The van der Waals surface area contributed by atoms with Crippen molar-refractivity contribution in [1.29, 1.82) is 0 Å². The quantitative estimate of drug-likeness (QED) is 0.785. The van der Waals surface area contributed by atoms with E-state index in [2.05, 4.69) is 5.32 Å². The van der Waals surface area contributed by atoms with Crippen LogP contribution in [-0.4, -0.2) is 10.5 Å². The summed E-state index contributed by atoms with van der Waals surface area (Å²) in [6, 6.07) is 15.3. The van der Waals surface area contributed by atoms with Gasteiger partial charge in [-0.1, -0.05) is 30.3 Å². The molecule has 0 aliphatic rings. The number of amides is 1. The van der Waals surface area contributed by atoms with Crippen LogP contribution in [0.5, 0.6) is 0 Å². The second-order valence-corrected chi connectivity index (χ2v) is 6.46. The van der Waals surface area contributed by atoms with Gasteiger partial charge in [-0.15, -0.1) is 0 Å². The maximum atomic E-state index is 12.5. The van der Waals surface area contributed by atoms with Crippen molar-refractivity contribution >= 4 is 22.5 Å². The Hall–Kier alpha value is -2.88. The zero-order valence-electron chi connectivity index (χ0n) is 14.8. The number of hydrogen-bond acceptors (Lipinski definition) is 2. The first-order chi connectivity index (χ1) is 12.0. The molecule has 1 heterocycles. The van der Waals surface area contributed by atoms with Crippen LogP contribution in [-0.2, 0) is 11.3 Å². The fourth-order valence-corrected chi connectivity index (χ4v) is 3.17. The maximum absolute atomic E-state index is 12.5. The van der Waals surface area contributed by atoms with E-state index in [1.165, 1.54) is 0 Å². The van der Waals surface area contributed by atoms with Gasteiger partial charge in [0, 0.05) is 30.1 Å². The minimum absolute atomic E-state index is 0.0670. The Morgan fingerprint density at radius 3 is 2.52 bits per heavy atom. The van der Waals surface area contributed by atoms with Crippen molar-refractivity contribution in [3.8, 4) is 0 Å². The van der Waals surface area contributed by atoms with E-state index < -0.39 is 0 Å². The van der Waals surface area contributed by atoms with Crippen LogP contribution in [0.3, 0.4) is 0 Å². The molecule has 4 nitrogen and oxygen atoms in total. The molecule has 3 aromatic rings. The van der Waals surface area contributed by atoms with Gasteiger partial charge in [0.15, 0.2) is 0 Å². The number of nitrogens with zero attached hydrogens (tertiary/aromatic N) is 1. The van der Waals surface area contributed by atoms with Gasteiger partial charge in [-0.3, -0.25) is 9.59 Å². The SMILES string of the molecule is Cc1cccc(NC(=O)CCn2c(=O)cc(C)c3cccc(C)c32)c1. The van der Waals surface area contributed by atoms with E-state index in [1.807, 2.05) is 63.2 Å². The predicted octanol–water partition coefficient (Wildman–Crippen LogP) is 3.96. The largest absolute Gasteiger partial charge is 0.326 e. The molecule has 0 unspecified atom stereocenters. The number of para-hydroxylation sites is 1. The highest BCUT2D eigenvalue weighted by molar-refractivity contribution is 5.91. The van der Waals surface area contributed by atoms with E-state index >= 15 is 0 Å². The van der Waals surface area contributed by atoms with E-state index in [0.29, 0.717) is 6.54 Å². The molecular weight excluding hydrogens is 312 g/mol. The summed E-state index contributed by atoms with van der Waals surface area (Å²) in [6.45, 7) is 6.27. The first-order valence-corrected chi connectivity index (χ1v) is 8.42. The normalized spacial score (nSPS) is 10.8. The second-order valence-electron chi connectivity index (χ2n) is 6.46. The molecule has 128 valence electrons. The van der Waals surface area contributed by atoms with Gasteiger partial charge in [-0.2, -0.15) is 0 Å². The van der Waals surface area contributed by atoms with Crippen LogP contribution in [0.2, 0.25) is 0 Å². The van der Waals surface area contributed by atoms with Gasteiger partial charge in [0.05, 0.1) is 5.52 Å². The Labute approximate surface area is 147 Å². The number of pyridine rings is 1. The lowest BCUT2D eigenvalue weighted by Gasteiger charge is -2.14. The molecule has 1 amide bonds. The highest BCUT2D eigenvalue weighted by atomic mass is 16.1. The molecule has 0 spiro atoms. The third-order valence-corrected chi connectivity index (χ3v) is 4.40. The summed E-state index contributed by atoms with van der Waals surface area (Å²) in [7, 11) is 0. The highest BCUT2D eigenvalue weighted by Gasteiger charge is 2.10. The fourth-order valence-electron chi connectivity index (χ4n) is 3.17. The highest BCUT2D eigenvalue weighted by Crippen LogP contribution is 2.20. The number of fused-ring (bicyclic) bond motifs is 1. The number of aryl methyl sites for hydroxylation is 4. The summed E-state index contributed by atoms with van der Waals surface area (Å²) in [5.74, 6) is -0.0974. The molecule has 1 N–H and O–H groups in total. The standard InChI is InChI=1S/C21H22N2O2/c1-14-6-4-8-17(12-14)22-19(24)10-11-23-20(25)13-16(3)18-9-5-7-15(2)21(18)23/h4-9,12-13H,10-11H2,1-3H3,(H,22,24). The number of nitrogens with one attached hydrogen (secondary N) is 1. The van der Waals surface area contributed by atoms with Gasteiger partial charge < -0.3 is 9.88 Å². The van der Waals surface area contributed by atoms with Crippen molar-refractivity contribution in [2.24, 2.45) is 0 Å². The van der Waals surface area contributed by atoms with Crippen LogP contribution in [0.1, 0.15) is 23.1 Å². The maximum Gasteiger partial charge on any atom is 0.251 e. The Kier molecular flexibility index (Phi) is 4.70. The van der Waals surface area contributed by atoms with Crippen molar-refractivity contribution in [1.82, 2.24) is 4.57 Å². The van der Waals surface area contributed by atoms with Crippen LogP contribution in [0.25, 0.3) is 10.9 Å². The molecule has 0 atom stereocenters. The average molecular weight is 334 g/mol. The van der Waals surface area contributed by atoms with Crippen molar-refractivity contribution in [3.63, 3.8) is 0 Å². The number of carbonyl (C=O) groups excluding carboxylic acids is 1. The number of anilines is 1. The van der Waals surface area contributed by atoms with Crippen LogP contribution >= 0.6 is 0 Å². The smallest absolute Gasteiger partial charge is 0.251 e. The summed E-state index contributed by atoms with van der Waals surface area (Å²) >= 11 is 0. The monoisotopic (exact) mass is 334 g/mol. The van der Waals surface area contributed by atoms with Crippen molar-refractivity contribution in [2.45, 2.75) is 33.7 Å². The molecule has 0 saturated heterocycles. The van der Waals surface area contributed by atoms with Crippen LogP contribution < -0.4 is 10.9 Å². The molecule has 0 aliphatic heterocycles. The molecule has 0 radical (unpaired) electrons. The summed E-state index contributed by atoms with van der Waals surface area (Å²) in [6.07, 6.45) is 0.250. The molecule has 25 heavy (non-hydrogen) atoms.